The van der Waals surface area contributed by atoms with Crippen LogP contribution in [0.25, 0.3) is 0 Å². The first-order valence-electron chi connectivity index (χ1n) is 8.54. The van der Waals surface area contributed by atoms with Gasteiger partial charge >= 0.3 is 0 Å². The number of carbonyl (C=O) groups is 2. The zero-order valence-electron chi connectivity index (χ0n) is 14.8. The molecule has 4 rings (SSSR count). The normalized spacial score (nSPS) is 14.1. The molecule has 3 aromatic carbocycles. The molecule has 0 saturated carbocycles. The molecule has 1 aliphatic heterocycles. The summed E-state index contributed by atoms with van der Waals surface area (Å²) in [5.74, 6) is -0.870. The van der Waals surface area contributed by atoms with Crippen molar-refractivity contribution in [3.63, 3.8) is 0 Å². The molecule has 1 amide bonds. The van der Waals surface area contributed by atoms with Gasteiger partial charge in [0.1, 0.15) is 0 Å². The van der Waals surface area contributed by atoms with E-state index in [9.17, 15) is 18.0 Å². The number of hydrogen-bond donors (Lipinski definition) is 1. The second-order valence-electron chi connectivity index (χ2n) is 6.46. The van der Waals surface area contributed by atoms with Crippen LogP contribution < -0.4 is 5.32 Å². The highest BCUT2D eigenvalue weighted by Gasteiger charge is 2.34. The summed E-state index contributed by atoms with van der Waals surface area (Å²) in [6.45, 7) is 0.139. The summed E-state index contributed by atoms with van der Waals surface area (Å²) in [6, 6.07) is 15.0. The molecule has 29 heavy (non-hydrogen) atoms. The molecular weight excluding hydrogens is 433 g/mol. The van der Waals surface area contributed by atoms with Crippen LogP contribution >= 0.6 is 23.2 Å². The minimum absolute atomic E-state index is 0.0528. The van der Waals surface area contributed by atoms with Gasteiger partial charge in [0.05, 0.1) is 9.79 Å². The van der Waals surface area contributed by atoms with E-state index in [0.29, 0.717) is 15.6 Å². The van der Waals surface area contributed by atoms with E-state index in [1.54, 1.807) is 30.3 Å². The lowest BCUT2D eigenvalue weighted by atomic mass is 10.0. The summed E-state index contributed by atoms with van der Waals surface area (Å²) in [5, 5.41) is 3.59. The van der Waals surface area contributed by atoms with E-state index in [0.717, 1.165) is 0 Å². The van der Waals surface area contributed by atoms with Gasteiger partial charge in [0, 0.05) is 33.3 Å². The summed E-state index contributed by atoms with van der Waals surface area (Å²) in [4.78, 5) is 25.0. The molecule has 0 fully saturated rings. The number of benzene rings is 3. The predicted molar refractivity (Wildman–Crippen MR) is 109 cm³/mol. The lowest BCUT2D eigenvalue weighted by Crippen LogP contribution is -2.25. The third-order valence-electron chi connectivity index (χ3n) is 4.65. The fraction of sp³-hybridized carbons (Fsp3) is 0.0476. The first-order chi connectivity index (χ1) is 13.8. The molecule has 1 heterocycles. The number of fused-ring (bicyclic) bond motifs is 2. The number of rotatable bonds is 3. The molecule has 0 saturated heterocycles. The van der Waals surface area contributed by atoms with Crippen molar-refractivity contribution in [3.05, 3.63) is 93.0 Å². The highest BCUT2D eigenvalue weighted by atomic mass is 35.5. The van der Waals surface area contributed by atoms with E-state index in [1.165, 1.54) is 30.3 Å². The first-order valence-corrected chi connectivity index (χ1v) is 10.8. The van der Waals surface area contributed by atoms with Crippen LogP contribution in [-0.4, -0.2) is 20.1 Å². The monoisotopic (exact) mass is 445 g/mol. The Morgan fingerprint density at radius 3 is 2.38 bits per heavy atom. The van der Waals surface area contributed by atoms with Gasteiger partial charge in [0.25, 0.3) is 5.91 Å². The maximum Gasteiger partial charge on any atom is 0.251 e. The number of nitrogens with one attached hydrogen (secondary N) is 1. The van der Waals surface area contributed by atoms with Gasteiger partial charge in [-0.05, 0) is 48.0 Å². The highest BCUT2D eigenvalue weighted by molar-refractivity contribution is 7.91. The van der Waals surface area contributed by atoms with Crippen molar-refractivity contribution in [2.75, 3.05) is 0 Å². The molecule has 1 aliphatic rings. The largest absolute Gasteiger partial charge is 0.348 e. The van der Waals surface area contributed by atoms with Crippen LogP contribution in [0.4, 0.5) is 0 Å². The van der Waals surface area contributed by atoms with Crippen molar-refractivity contribution in [3.8, 4) is 0 Å². The van der Waals surface area contributed by atoms with Crippen LogP contribution in [0.5, 0.6) is 0 Å². The van der Waals surface area contributed by atoms with E-state index in [1.807, 2.05) is 0 Å². The van der Waals surface area contributed by atoms with Crippen molar-refractivity contribution in [2.45, 2.75) is 16.3 Å². The zero-order valence-corrected chi connectivity index (χ0v) is 17.1. The predicted octanol–water partition coefficient (Wildman–Crippen LogP) is 4.30. The zero-order chi connectivity index (χ0) is 20.8. The number of halogens is 2. The Labute approximate surface area is 177 Å². The molecule has 1 N–H and O–H groups in total. The van der Waals surface area contributed by atoms with E-state index in [2.05, 4.69) is 5.32 Å². The van der Waals surface area contributed by atoms with Crippen molar-refractivity contribution < 1.29 is 18.0 Å². The maximum atomic E-state index is 13.0. The van der Waals surface area contributed by atoms with Crippen LogP contribution in [-0.2, 0) is 16.4 Å². The van der Waals surface area contributed by atoms with Gasteiger partial charge in [-0.2, -0.15) is 0 Å². The Hall–Kier alpha value is -2.67. The van der Waals surface area contributed by atoms with E-state index < -0.39 is 15.7 Å². The van der Waals surface area contributed by atoms with Gasteiger partial charge in [-0.1, -0.05) is 41.4 Å². The van der Waals surface area contributed by atoms with E-state index >= 15 is 0 Å². The summed E-state index contributed by atoms with van der Waals surface area (Å²) in [5.41, 5.74) is 0.985. The molecular formula is C21H13Cl2NO4S. The van der Waals surface area contributed by atoms with Crippen LogP contribution in [0.3, 0.4) is 0 Å². The Morgan fingerprint density at radius 2 is 1.62 bits per heavy atom. The average molecular weight is 446 g/mol. The van der Waals surface area contributed by atoms with Gasteiger partial charge < -0.3 is 5.32 Å². The molecule has 0 unspecified atom stereocenters. The third-order valence-corrected chi connectivity index (χ3v) is 7.09. The summed E-state index contributed by atoms with van der Waals surface area (Å²) in [6.07, 6.45) is 0. The third kappa shape index (κ3) is 3.44. The number of sulfone groups is 1. The van der Waals surface area contributed by atoms with Crippen molar-refractivity contribution in [1.29, 1.82) is 0 Å². The Bertz CT molecular complexity index is 1290. The van der Waals surface area contributed by atoms with Gasteiger partial charge in [0.15, 0.2) is 5.78 Å². The molecule has 3 aromatic rings. The minimum Gasteiger partial charge on any atom is -0.348 e. The Morgan fingerprint density at radius 1 is 0.897 bits per heavy atom. The maximum absolute atomic E-state index is 13.0. The SMILES string of the molecule is O=C(NCc1ccc(Cl)cc1Cl)c1ccc2c(c1)S(=O)(=O)c1ccccc1C2=O. The van der Waals surface area contributed by atoms with Gasteiger partial charge in [-0.3, -0.25) is 9.59 Å². The molecule has 0 aliphatic carbocycles. The Balaban J connectivity index is 1.65. The molecule has 5 nitrogen and oxygen atoms in total. The summed E-state index contributed by atoms with van der Waals surface area (Å²) in [7, 11) is -3.91. The molecule has 0 spiro atoms. The minimum atomic E-state index is -3.91. The van der Waals surface area contributed by atoms with Gasteiger partial charge in [-0.15, -0.1) is 0 Å². The first kappa shape index (κ1) is 19.6. The molecule has 0 radical (unpaired) electrons. The molecule has 8 heteroatoms. The molecule has 0 aromatic heterocycles. The van der Waals surface area contributed by atoms with Crippen molar-refractivity contribution in [2.24, 2.45) is 0 Å². The van der Waals surface area contributed by atoms with E-state index in [-0.39, 0.29) is 38.8 Å². The Kier molecular flexibility index (Phi) is 4.94. The standard InChI is InChI=1S/C21H13Cl2NO4S/c22-14-7-5-13(17(23)10-14)11-24-21(26)12-6-8-16-19(9-12)29(27,28)18-4-2-1-3-15(18)20(16)25/h1-10H,11H2,(H,24,26). The fourth-order valence-corrected chi connectivity index (χ4v) is 5.32. The lowest BCUT2D eigenvalue weighted by Gasteiger charge is -2.19. The number of carbonyl (C=O) groups excluding carboxylic acids is 2. The van der Waals surface area contributed by atoms with Crippen LogP contribution in [0, 0.1) is 0 Å². The second kappa shape index (κ2) is 7.30. The van der Waals surface area contributed by atoms with Crippen LogP contribution in [0.2, 0.25) is 10.0 Å². The quantitative estimate of drug-likeness (QED) is 0.509. The van der Waals surface area contributed by atoms with Crippen LogP contribution in [0.15, 0.2) is 70.5 Å². The second-order valence-corrected chi connectivity index (χ2v) is 9.19. The number of amides is 1. The molecule has 0 bridgehead atoms. The molecule has 146 valence electrons. The van der Waals surface area contributed by atoms with Crippen molar-refractivity contribution >= 4 is 44.7 Å². The van der Waals surface area contributed by atoms with Gasteiger partial charge in [-0.25, -0.2) is 8.42 Å². The summed E-state index contributed by atoms with van der Waals surface area (Å²) >= 11 is 12.0. The number of ketones is 1. The topological polar surface area (TPSA) is 80.3 Å². The number of hydrogen-bond acceptors (Lipinski definition) is 4. The molecule has 0 atom stereocenters. The average Bonchev–Trinajstić information content (AvgIpc) is 2.71. The highest BCUT2D eigenvalue weighted by Crippen LogP contribution is 2.34. The van der Waals surface area contributed by atoms with Crippen molar-refractivity contribution in [1.82, 2.24) is 5.32 Å². The lowest BCUT2D eigenvalue weighted by molar-refractivity contribution is 0.0948. The van der Waals surface area contributed by atoms with E-state index in [4.69, 9.17) is 23.2 Å². The fourth-order valence-electron chi connectivity index (χ4n) is 3.17. The van der Waals surface area contributed by atoms with Crippen LogP contribution in [0.1, 0.15) is 31.8 Å². The smallest absolute Gasteiger partial charge is 0.251 e. The summed E-state index contributed by atoms with van der Waals surface area (Å²) < 4.78 is 25.9. The van der Waals surface area contributed by atoms with Gasteiger partial charge in [0.2, 0.25) is 9.84 Å².